The summed E-state index contributed by atoms with van der Waals surface area (Å²) >= 11 is 0. The summed E-state index contributed by atoms with van der Waals surface area (Å²) in [4.78, 5) is 0. The van der Waals surface area contributed by atoms with Gasteiger partial charge < -0.3 is 9.05 Å². The Bertz CT molecular complexity index is 291. The third-order valence-corrected chi connectivity index (χ3v) is 3.47. The van der Waals surface area contributed by atoms with Crippen LogP contribution in [0.15, 0.2) is 30.3 Å². The van der Waals surface area contributed by atoms with Gasteiger partial charge in [-0.25, -0.2) is 0 Å². The number of hydrogen-bond donors (Lipinski definition) is 0. The van der Waals surface area contributed by atoms with Crippen LogP contribution in [0, 0.1) is 0 Å². The standard InChI is InChI=1S/C11H15O3P/c1-2-10-8-9-12-15(13-10)14-11-6-4-3-5-7-11/h3-7,10H,2,8-9H2,1H3. The summed E-state index contributed by atoms with van der Waals surface area (Å²) in [6.07, 6.45) is 2.27. The molecule has 0 aliphatic carbocycles. The lowest BCUT2D eigenvalue weighted by atomic mass is 10.2. The van der Waals surface area contributed by atoms with E-state index >= 15 is 0 Å². The molecule has 0 bridgehead atoms. The van der Waals surface area contributed by atoms with Crippen molar-refractivity contribution in [3.05, 3.63) is 30.3 Å². The second-order valence-corrected chi connectivity index (χ2v) is 4.48. The Labute approximate surface area is 91.4 Å². The van der Waals surface area contributed by atoms with Crippen molar-refractivity contribution >= 4 is 8.60 Å². The van der Waals surface area contributed by atoms with E-state index in [0.717, 1.165) is 25.2 Å². The van der Waals surface area contributed by atoms with E-state index < -0.39 is 8.60 Å². The molecule has 0 radical (unpaired) electrons. The second kappa shape index (κ2) is 5.45. The number of para-hydroxylation sites is 1. The molecule has 0 aromatic heterocycles. The average molecular weight is 226 g/mol. The first kappa shape index (κ1) is 10.9. The molecule has 0 N–H and O–H groups in total. The van der Waals surface area contributed by atoms with Crippen molar-refractivity contribution < 1.29 is 13.6 Å². The molecule has 2 atom stereocenters. The molecule has 1 aliphatic rings. The smallest absolute Gasteiger partial charge is 0.397 e. The Morgan fingerprint density at radius 2 is 2.20 bits per heavy atom. The molecular formula is C11H15O3P. The predicted octanol–water partition coefficient (Wildman–Crippen LogP) is 3.51. The molecule has 1 aliphatic heterocycles. The van der Waals surface area contributed by atoms with E-state index in [9.17, 15) is 0 Å². The molecule has 1 fully saturated rings. The van der Waals surface area contributed by atoms with Gasteiger partial charge in [0.25, 0.3) is 0 Å². The fraction of sp³-hybridized carbons (Fsp3) is 0.455. The number of rotatable bonds is 3. The van der Waals surface area contributed by atoms with Crippen LogP contribution in [0.4, 0.5) is 0 Å². The third kappa shape index (κ3) is 3.16. The Morgan fingerprint density at radius 3 is 2.93 bits per heavy atom. The maximum absolute atomic E-state index is 5.66. The molecule has 0 saturated carbocycles. The molecule has 1 heterocycles. The number of hydrogen-bond acceptors (Lipinski definition) is 3. The van der Waals surface area contributed by atoms with Gasteiger partial charge in [-0.1, -0.05) is 25.1 Å². The SMILES string of the molecule is CCC1CCOP(Oc2ccccc2)O1. The van der Waals surface area contributed by atoms with E-state index in [1.807, 2.05) is 30.3 Å². The van der Waals surface area contributed by atoms with E-state index in [1.165, 1.54) is 0 Å². The van der Waals surface area contributed by atoms with Gasteiger partial charge >= 0.3 is 8.60 Å². The highest BCUT2D eigenvalue weighted by atomic mass is 31.2. The normalized spacial score (nSPS) is 26.2. The Kier molecular flexibility index (Phi) is 3.95. The average Bonchev–Trinajstić information content (AvgIpc) is 2.31. The second-order valence-electron chi connectivity index (χ2n) is 3.39. The van der Waals surface area contributed by atoms with Crippen LogP contribution in [-0.2, 0) is 9.05 Å². The van der Waals surface area contributed by atoms with Crippen molar-refractivity contribution in [3.63, 3.8) is 0 Å². The molecular weight excluding hydrogens is 211 g/mol. The van der Waals surface area contributed by atoms with Crippen LogP contribution in [0.25, 0.3) is 0 Å². The molecule has 15 heavy (non-hydrogen) atoms. The van der Waals surface area contributed by atoms with Crippen LogP contribution in [0.1, 0.15) is 19.8 Å². The van der Waals surface area contributed by atoms with Crippen LogP contribution in [0.5, 0.6) is 5.75 Å². The first-order valence-corrected chi connectivity index (χ1v) is 6.31. The molecule has 0 spiro atoms. The van der Waals surface area contributed by atoms with Crippen molar-refractivity contribution in [2.24, 2.45) is 0 Å². The van der Waals surface area contributed by atoms with Gasteiger partial charge in [-0.05, 0) is 25.0 Å². The highest BCUT2D eigenvalue weighted by molar-refractivity contribution is 7.42. The molecule has 0 amide bonds. The first-order chi connectivity index (χ1) is 7.38. The van der Waals surface area contributed by atoms with Gasteiger partial charge in [-0.15, -0.1) is 0 Å². The highest BCUT2D eigenvalue weighted by Crippen LogP contribution is 2.45. The Hall–Kier alpha value is -0.630. The maximum Gasteiger partial charge on any atom is 0.397 e. The molecule has 82 valence electrons. The van der Waals surface area contributed by atoms with Gasteiger partial charge in [-0.2, -0.15) is 0 Å². The zero-order chi connectivity index (χ0) is 10.5. The van der Waals surface area contributed by atoms with Crippen LogP contribution < -0.4 is 4.52 Å². The van der Waals surface area contributed by atoms with E-state index in [4.69, 9.17) is 13.6 Å². The fourth-order valence-electron chi connectivity index (χ4n) is 1.36. The van der Waals surface area contributed by atoms with Gasteiger partial charge in [-0.3, -0.25) is 4.52 Å². The van der Waals surface area contributed by atoms with Crippen LogP contribution in [-0.4, -0.2) is 12.7 Å². The van der Waals surface area contributed by atoms with Crippen molar-refractivity contribution in [2.45, 2.75) is 25.9 Å². The summed E-state index contributed by atoms with van der Waals surface area (Å²) < 4.78 is 16.7. The minimum absolute atomic E-state index is 0.286. The Morgan fingerprint density at radius 1 is 1.40 bits per heavy atom. The summed E-state index contributed by atoms with van der Waals surface area (Å²) in [5, 5.41) is 0. The van der Waals surface area contributed by atoms with Gasteiger partial charge in [0.15, 0.2) is 0 Å². The Balaban J connectivity index is 1.89. The van der Waals surface area contributed by atoms with E-state index in [0.29, 0.717) is 0 Å². The summed E-state index contributed by atoms with van der Waals surface area (Å²) in [5.74, 6) is 0.806. The first-order valence-electron chi connectivity index (χ1n) is 5.21. The van der Waals surface area contributed by atoms with Gasteiger partial charge in [0.05, 0.1) is 12.7 Å². The zero-order valence-corrected chi connectivity index (χ0v) is 9.65. The van der Waals surface area contributed by atoms with Crippen LogP contribution >= 0.6 is 8.60 Å². The van der Waals surface area contributed by atoms with E-state index in [2.05, 4.69) is 6.92 Å². The van der Waals surface area contributed by atoms with Crippen molar-refractivity contribution in [1.29, 1.82) is 0 Å². The summed E-state index contributed by atoms with van der Waals surface area (Å²) in [7, 11) is -1.19. The van der Waals surface area contributed by atoms with Gasteiger partial charge in [0, 0.05) is 0 Å². The van der Waals surface area contributed by atoms with Gasteiger partial charge in [0.2, 0.25) is 0 Å². The van der Waals surface area contributed by atoms with Crippen molar-refractivity contribution in [3.8, 4) is 5.75 Å². The zero-order valence-electron chi connectivity index (χ0n) is 8.76. The molecule has 1 aromatic carbocycles. The number of benzene rings is 1. The quantitative estimate of drug-likeness (QED) is 0.738. The van der Waals surface area contributed by atoms with E-state index in [1.54, 1.807) is 0 Å². The lowest BCUT2D eigenvalue weighted by Crippen LogP contribution is -2.19. The minimum atomic E-state index is -1.19. The summed E-state index contributed by atoms with van der Waals surface area (Å²) in [6, 6.07) is 9.64. The fourth-order valence-corrected chi connectivity index (χ4v) is 2.56. The molecule has 1 aromatic rings. The van der Waals surface area contributed by atoms with E-state index in [-0.39, 0.29) is 6.10 Å². The molecule has 2 unspecified atom stereocenters. The predicted molar refractivity (Wildman–Crippen MR) is 59.7 cm³/mol. The summed E-state index contributed by atoms with van der Waals surface area (Å²) in [6.45, 7) is 2.85. The molecule has 1 saturated heterocycles. The van der Waals surface area contributed by atoms with Gasteiger partial charge in [0.1, 0.15) is 5.75 Å². The third-order valence-electron chi connectivity index (χ3n) is 2.25. The highest BCUT2D eigenvalue weighted by Gasteiger charge is 2.25. The maximum atomic E-state index is 5.66. The molecule has 4 heteroatoms. The lowest BCUT2D eigenvalue weighted by Gasteiger charge is -2.27. The summed E-state index contributed by atoms with van der Waals surface area (Å²) in [5.41, 5.74) is 0. The molecule has 2 rings (SSSR count). The van der Waals surface area contributed by atoms with Crippen LogP contribution in [0.3, 0.4) is 0 Å². The lowest BCUT2D eigenvalue weighted by molar-refractivity contribution is 0.0804. The largest absolute Gasteiger partial charge is 0.427 e. The van der Waals surface area contributed by atoms with Crippen LogP contribution in [0.2, 0.25) is 0 Å². The van der Waals surface area contributed by atoms with Crippen molar-refractivity contribution in [1.82, 2.24) is 0 Å². The molecule has 3 nitrogen and oxygen atoms in total. The monoisotopic (exact) mass is 226 g/mol. The topological polar surface area (TPSA) is 27.7 Å². The minimum Gasteiger partial charge on any atom is -0.427 e. The van der Waals surface area contributed by atoms with Crippen molar-refractivity contribution in [2.75, 3.05) is 6.61 Å².